The van der Waals surface area contributed by atoms with E-state index in [0.717, 1.165) is 57.8 Å². The average molecular weight is 1150 g/mol. The Morgan fingerprint density at radius 1 is 0.469 bits per heavy atom. The first-order valence-electron chi connectivity index (χ1n) is 35.5. The average Bonchev–Trinajstić information content (AvgIpc) is 3.47. The van der Waals surface area contributed by atoms with Crippen molar-refractivity contribution in [2.24, 2.45) is 0 Å². The Hall–Kier alpha value is -1.60. The number of hydrogen-bond acceptors (Lipinski definition) is 10. The Morgan fingerprint density at radius 3 is 1.16 bits per heavy atom. The van der Waals surface area contributed by atoms with Gasteiger partial charge in [0.2, 0.25) is 5.91 Å². The quantitative estimate of drug-likeness (QED) is 0.0195. The van der Waals surface area contributed by atoms with Crippen LogP contribution in [0.25, 0.3) is 0 Å². The molecule has 1 heterocycles. The van der Waals surface area contributed by atoms with Crippen LogP contribution in [0.4, 0.5) is 0 Å². The fourth-order valence-electron chi connectivity index (χ4n) is 11.6. The summed E-state index contributed by atoms with van der Waals surface area (Å²) in [5.74, 6) is -1.17. The van der Waals surface area contributed by atoms with Gasteiger partial charge in [0.15, 0.2) is 12.4 Å². The molecule has 6 N–H and O–H groups in total. The minimum absolute atomic E-state index is 0.132. The number of aliphatic hydroxyl groups is 5. The van der Waals surface area contributed by atoms with E-state index in [4.69, 9.17) is 14.2 Å². The van der Waals surface area contributed by atoms with Gasteiger partial charge >= 0.3 is 5.97 Å². The number of nitrogens with one attached hydrogen (secondary N) is 1. The van der Waals surface area contributed by atoms with Crippen molar-refractivity contribution < 1.29 is 49.3 Å². The lowest BCUT2D eigenvalue weighted by molar-refractivity contribution is -0.305. The summed E-state index contributed by atoms with van der Waals surface area (Å²) < 4.78 is 17.7. The number of aliphatic hydroxyl groups excluding tert-OH is 5. The molecule has 11 nitrogen and oxygen atoms in total. The van der Waals surface area contributed by atoms with Crippen LogP contribution in [0.1, 0.15) is 361 Å². The van der Waals surface area contributed by atoms with Crippen LogP contribution in [0.3, 0.4) is 0 Å². The minimum Gasteiger partial charge on any atom is -0.454 e. The molecular formula is C70H135NO10. The van der Waals surface area contributed by atoms with Crippen LogP contribution in [0.5, 0.6) is 0 Å². The molecule has 8 unspecified atom stereocenters. The number of esters is 1. The number of carbonyl (C=O) groups is 2. The third-order valence-electron chi connectivity index (χ3n) is 17.2. The lowest BCUT2D eigenvalue weighted by Crippen LogP contribution is -2.61. The largest absolute Gasteiger partial charge is 0.454 e. The Balaban J connectivity index is 2.59. The van der Waals surface area contributed by atoms with E-state index in [-0.39, 0.29) is 13.0 Å². The number of unbranched alkanes of at least 4 members (excludes halogenated alkanes) is 48. The van der Waals surface area contributed by atoms with Crippen LogP contribution < -0.4 is 5.32 Å². The number of ether oxygens (including phenoxy) is 3. The molecule has 1 saturated heterocycles. The standard InChI is InChI=1S/C70H135NO10/c1-4-7-10-13-16-19-22-25-27-29-31-33-34-36-39-42-45-48-51-54-57-63(74)69(78)71-61(62(73)56-53-50-47-44-41-38-24-21-18-15-12-9-6-3)60-79-70-68(67(77)66(76)64(59-72)80-70)81-65(75)58-55-52-49-46-43-40-37-35-32-30-28-26-23-20-17-14-11-8-5-2/h53,56,61-64,66-68,70,72-74,76-77H,4-52,54-55,57-60H2,1-3H3,(H,71,78)/b56-53+. The predicted molar refractivity (Wildman–Crippen MR) is 338 cm³/mol. The van der Waals surface area contributed by atoms with Gasteiger partial charge in [-0.3, -0.25) is 9.59 Å². The Kier molecular flexibility index (Phi) is 56.2. The molecule has 0 aromatic rings. The van der Waals surface area contributed by atoms with Gasteiger partial charge in [0.25, 0.3) is 0 Å². The summed E-state index contributed by atoms with van der Waals surface area (Å²) in [4.78, 5) is 26.7. The van der Waals surface area contributed by atoms with E-state index in [9.17, 15) is 35.1 Å². The van der Waals surface area contributed by atoms with E-state index in [1.165, 1.54) is 257 Å². The van der Waals surface area contributed by atoms with Crippen LogP contribution in [-0.2, 0) is 23.8 Å². The minimum atomic E-state index is -1.61. The van der Waals surface area contributed by atoms with Crippen molar-refractivity contribution in [3.63, 3.8) is 0 Å². The maximum absolute atomic E-state index is 13.5. The number of amides is 1. The van der Waals surface area contributed by atoms with Gasteiger partial charge in [-0.1, -0.05) is 341 Å². The van der Waals surface area contributed by atoms with E-state index in [2.05, 4.69) is 26.1 Å². The topological polar surface area (TPSA) is 175 Å². The first-order valence-corrected chi connectivity index (χ1v) is 35.5. The molecule has 1 rings (SSSR count). The van der Waals surface area contributed by atoms with Gasteiger partial charge < -0.3 is 45.1 Å². The van der Waals surface area contributed by atoms with Gasteiger partial charge in [0.05, 0.1) is 25.4 Å². The summed E-state index contributed by atoms with van der Waals surface area (Å²) in [5, 5.41) is 57.2. The highest BCUT2D eigenvalue weighted by Gasteiger charge is 2.47. The number of rotatable bonds is 62. The maximum Gasteiger partial charge on any atom is 0.306 e. The molecule has 0 saturated carbocycles. The normalized spacial score (nSPS) is 18.6. The zero-order valence-corrected chi connectivity index (χ0v) is 53.4. The van der Waals surface area contributed by atoms with E-state index >= 15 is 0 Å². The second kappa shape index (κ2) is 58.8. The number of carbonyl (C=O) groups excluding carboxylic acids is 2. The fourth-order valence-corrected chi connectivity index (χ4v) is 11.6. The summed E-state index contributed by atoms with van der Waals surface area (Å²) >= 11 is 0. The van der Waals surface area contributed by atoms with Crippen molar-refractivity contribution in [1.82, 2.24) is 5.32 Å². The third kappa shape index (κ3) is 46.3. The summed E-state index contributed by atoms with van der Waals surface area (Å²) in [6.45, 7) is 5.86. The van der Waals surface area contributed by atoms with E-state index in [0.29, 0.717) is 19.3 Å². The molecule has 8 atom stereocenters. The van der Waals surface area contributed by atoms with Gasteiger partial charge in [0.1, 0.15) is 24.4 Å². The Labute approximate surface area is 499 Å². The van der Waals surface area contributed by atoms with Crippen LogP contribution in [0, 0.1) is 0 Å². The molecule has 11 heteroatoms. The van der Waals surface area contributed by atoms with Crippen LogP contribution >= 0.6 is 0 Å². The lowest BCUT2D eigenvalue weighted by Gasteiger charge is -2.41. The van der Waals surface area contributed by atoms with E-state index in [1.807, 2.05) is 6.08 Å². The Bertz CT molecular complexity index is 1370. The highest BCUT2D eigenvalue weighted by atomic mass is 16.7. The molecule has 1 aliphatic heterocycles. The highest BCUT2D eigenvalue weighted by Crippen LogP contribution is 2.27. The van der Waals surface area contributed by atoms with Crippen molar-refractivity contribution >= 4 is 11.9 Å². The molecular weight excluding hydrogens is 1010 g/mol. The maximum atomic E-state index is 13.5. The zero-order valence-electron chi connectivity index (χ0n) is 53.4. The number of hydrogen-bond donors (Lipinski definition) is 6. The van der Waals surface area contributed by atoms with Gasteiger partial charge in [-0.15, -0.1) is 0 Å². The van der Waals surface area contributed by atoms with Crippen molar-refractivity contribution in [3.8, 4) is 0 Å². The Morgan fingerprint density at radius 2 is 0.802 bits per heavy atom. The molecule has 0 aromatic heterocycles. The summed E-state index contributed by atoms with van der Waals surface area (Å²) in [5.41, 5.74) is 0. The zero-order chi connectivity index (χ0) is 58.9. The molecule has 0 radical (unpaired) electrons. The van der Waals surface area contributed by atoms with Crippen molar-refractivity contribution in [2.75, 3.05) is 13.2 Å². The van der Waals surface area contributed by atoms with Crippen LogP contribution in [0.2, 0.25) is 0 Å². The summed E-state index contributed by atoms with van der Waals surface area (Å²) in [7, 11) is 0. The smallest absolute Gasteiger partial charge is 0.306 e. The molecule has 0 spiro atoms. The van der Waals surface area contributed by atoms with Gasteiger partial charge in [0, 0.05) is 6.42 Å². The van der Waals surface area contributed by atoms with Gasteiger partial charge in [-0.2, -0.15) is 0 Å². The SMILES string of the molecule is CCCCCCCCCCCCC/C=C/C(O)C(COC1OC(CO)C(O)C(O)C1OC(=O)CCCCCCCCCCCCCCCCCCCCC)NC(=O)C(O)CCCCCCCCCCCCCCCCCCCCCC. The monoisotopic (exact) mass is 1150 g/mol. The fraction of sp³-hybridized carbons (Fsp3) is 0.943. The third-order valence-corrected chi connectivity index (χ3v) is 17.2. The van der Waals surface area contributed by atoms with Crippen LogP contribution in [-0.4, -0.2) is 99.6 Å². The first kappa shape index (κ1) is 77.4. The molecule has 0 aromatic carbocycles. The van der Waals surface area contributed by atoms with Crippen LogP contribution in [0.15, 0.2) is 12.2 Å². The molecule has 81 heavy (non-hydrogen) atoms. The molecule has 1 amide bonds. The highest BCUT2D eigenvalue weighted by molar-refractivity contribution is 5.80. The molecule has 1 aliphatic rings. The van der Waals surface area contributed by atoms with Gasteiger partial charge in [-0.25, -0.2) is 0 Å². The second-order valence-corrected chi connectivity index (χ2v) is 25.0. The van der Waals surface area contributed by atoms with Crippen molar-refractivity contribution in [1.29, 1.82) is 0 Å². The summed E-state index contributed by atoms with van der Waals surface area (Å²) in [6.07, 6.45) is 58.2. The number of allylic oxidation sites excluding steroid dienone is 1. The molecule has 0 bridgehead atoms. The second-order valence-electron chi connectivity index (χ2n) is 25.0. The molecule has 1 fully saturated rings. The molecule has 480 valence electrons. The lowest BCUT2D eigenvalue weighted by atomic mass is 9.99. The van der Waals surface area contributed by atoms with Crippen molar-refractivity contribution in [2.45, 2.75) is 410 Å². The van der Waals surface area contributed by atoms with Gasteiger partial charge in [-0.05, 0) is 25.7 Å². The first-order chi connectivity index (χ1) is 39.7. The van der Waals surface area contributed by atoms with E-state index < -0.39 is 67.4 Å². The predicted octanol–water partition coefficient (Wildman–Crippen LogP) is 17.9. The van der Waals surface area contributed by atoms with E-state index in [1.54, 1.807) is 6.08 Å². The molecule has 0 aliphatic carbocycles. The summed E-state index contributed by atoms with van der Waals surface area (Å²) in [6, 6.07) is -1.02. The van der Waals surface area contributed by atoms with Crippen molar-refractivity contribution in [3.05, 3.63) is 12.2 Å².